The van der Waals surface area contributed by atoms with E-state index in [-0.39, 0.29) is 0 Å². The van der Waals surface area contributed by atoms with Gasteiger partial charge in [0, 0.05) is 24.2 Å². The maximum Gasteiger partial charge on any atom is 0.0651 e. The van der Waals surface area contributed by atoms with Gasteiger partial charge in [0.25, 0.3) is 0 Å². The Balaban J connectivity index is 2.07. The van der Waals surface area contributed by atoms with Gasteiger partial charge >= 0.3 is 0 Å². The van der Waals surface area contributed by atoms with Crippen molar-refractivity contribution < 1.29 is 4.74 Å². The molecule has 2 nitrogen and oxygen atoms in total. The van der Waals surface area contributed by atoms with Crippen LogP contribution < -0.4 is 0 Å². The molecule has 0 aliphatic carbocycles. The Labute approximate surface area is 81.3 Å². The molecular weight excluding hydrogens is 162 g/mol. The fourth-order valence-electron chi connectivity index (χ4n) is 2.83. The van der Waals surface area contributed by atoms with Crippen LogP contribution in [0, 0.1) is 0 Å². The Bertz CT molecular complexity index is 189. The van der Waals surface area contributed by atoms with Crippen LogP contribution in [0.5, 0.6) is 0 Å². The second-order valence-corrected chi connectivity index (χ2v) is 5.45. The molecule has 2 aliphatic heterocycles. The van der Waals surface area contributed by atoms with E-state index in [2.05, 4.69) is 25.7 Å². The maximum atomic E-state index is 5.61. The largest absolute Gasteiger partial charge is 0.380 e. The predicted octanol–water partition coefficient (Wildman–Crippen LogP) is 2.04. The van der Waals surface area contributed by atoms with E-state index in [0.29, 0.717) is 11.1 Å². The summed E-state index contributed by atoms with van der Waals surface area (Å²) in [4.78, 5) is 2.62. The fourth-order valence-corrected chi connectivity index (χ4v) is 2.83. The molecule has 0 N–H and O–H groups in total. The van der Waals surface area contributed by atoms with Crippen molar-refractivity contribution >= 4 is 0 Å². The minimum absolute atomic E-state index is 0.318. The van der Waals surface area contributed by atoms with Gasteiger partial charge in [-0.1, -0.05) is 0 Å². The molecular formula is C11H21NO. The quantitative estimate of drug-likeness (QED) is 0.570. The molecule has 2 saturated heterocycles. The zero-order chi connectivity index (χ0) is 9.53. The lowest BCUT2D eigenvalue weighted by atomic mass is 9.76. The van der Waals surface area contributed by atoms with Crippen molar-refractivity contribution in [3.05, 3.63) is 0 Å². The van der Waals surface area contributed by atoms with Crippen LogP contribution in [-0.2, 0) is 4.74 Å². The summed E-state index contributed by atoms with van der Waals surface area (Å²) in [7, 11) is 0. The third-order valence-electron chi connectivity index (χ3n) is 3.48. The summed E-state index contributed by atoms with van der Waals surface area (Å²) in [6.07, 6.45) is 3.92. The highest BCUT2D eigenvalue weighted by Crippen LogP contribution is 2.42. The first-order valence-corrected chi connectivity index (χ1v) is 5.40. The normalized spacial score (nSPS) is 36.2. The summed E-state index contributed by atoms with van der Waals surface area (Å²) in [6.45, 7) is 10.1. The van der Waals surface area contributed by atoms with Crippen LogP contribution in [0.15, 0.2) is 0 Å². The van der Waals surface area contributed by atoms with Crippen LogP contribution in [0.25, 0.3) is 0 Å². The summed E-state index contributed by atoms with van der Waals surface area (Å²) in [5.74, 6) is 0. The van der Waals surface area contributed by atoms with Crippen molar-refractivity contribution in [2.75, 3.05) is 19.8 Å². The number of hydrogen-bond acceptors (Lipinski definition) is 2. The highest BCUT2D eigenvalue weighted by molar-refractivity contribution is 5.05. The molecule has 2 heterocycles. The molecule has 0 bridgehead atoms. The van der Waals surface area contributed by atoms with E-state index >= 15 is 0 Å². The van der Waals surface area contributed by atoms with Gasteiger partial charge in [-0.05, 0) is 40.0 Å². The van der Waals surface area contributed by atoms with E-state index in [1.807, 2.05) is 0 Å². The Kier molecular flexibility index (Phi) is 2.16. The highest BCUT2D eigenvalue weighted by atomic mass is 16.5. The van der Waals surface area contributed by atoms with Crippen molar-refractivity contribution in [3.63, 3.8) is 0 Å². The molecule has 2 rings (SSSR count). The van der Waals surface area contributed by atoms with E-state index in [1.165, 1.54) is 25.8 Å². The smallest absolute Gasteiger partial charge is 0.0651 e. The first-order valence-electron chi connectivity index (χ1n) is 5.40. The van der Waals surface area contributed by atoms with Gasteiger partial charge in [-0.3, -0.25) is 4.90 Å². The van der Waals surface area contributed by atoms with Crippen molar-refractivity contribution in [2.24, 2.45) is 0 Å². The molecule has 0 aromatic carbocycles. The van der Waals surface area contributed by atoms with Crippen LogP contribution in [0.3, 0.4) is 0 Å². The molecule has 13 heavy (non-hydrogen) atoms. The molecule has 0 radical (unpaired) electrons. The maximum absolute atomic E-state index is 5.61. The Morgan fingerprint density at radius 3 is 2.38 bits per heavy atom. The first-order chi connectivity index (χ1) is 6.05. The Hall–Kier alpha value is -0.0800. The topological polar surface area (TPSA) is 12.5 Å². The second-order valence-electron chi connectivity index (χ2n) is 5.45. The minimum Gasteiger partial charge on any atom is -0.380 e. The molecule has 0 aromatic heterocycles. The lowest BCUT2D eigenvalue weighted by Crippen LogP contribution is -2.69. The number of nitrogens with zero attached hydrogens (tertiary/aromatic N) is 1. The van der Waals surface area contributed by atoms with Gasteiger partial charge in [0.2, 0.25) is 0 Å². The minimum atomic E-state index is 0.318. The number of hydrogen-bond donors (Lipinski definition) is 0. The van der Waals surface area contributed by atoms with Crippen LogP contribution in [-0.4, -0.2) is 35.7 Å². The lowest BCUT2D eigenvalue weighted by Gasteiger charge is -2.60. The van der Waals surface area contributed by atoms with Gasteiger partial charge in [-0.25, -0.2) is 0 Å². The van der Waals surface area contributed by atoms with E-state index in [1.54, 1.807) is 0 Å². The second kappa shape index (κ2) is 2.96. The summed E-state index contributed by atoms with van der Waals surface area (Å²) in [5.41, 5.74) is 0.732. The summed E-state index contributed by atoms with van der Waals surface area (Å²) < 4.78 is 5.61. The monoisotopic (exact) mass is 183 g/mol. The number of ether oxygens (including phenoxy) is 1. The van der Waals surface area contributed by atoms with Crippen molar-refractivity contribution in [3.8, 4) is 0 Å². The number of rotatable bonds is 0. The highest BCUT2D eigenvalue weighted by Gasteiger charge is 2.49. The summed E-state index contributed by atoms with van der Waals surface area (Å²) in [6, 6.07) is 0. The molecule has 0 aromatic rings. The Morgan fingerprint density at radius 1 is 1.23 bits per heavy atom. The van der Waals surface area contributed by atoms with E-state index in [4.69, 9.17) is 4.74 Å². The molecule has 1 unspecified atom stereocenters. The zero-order valence-electron chi connectivity index (χ0n) is 9.10. The molecule has 1 spiro atoms. The fraction of sp³-hybridized carbons (Fsp3) is 1.00. The van der Waals surface area contributed by atoms with E-state index < -0.39 is 0 Å². The summed E-state index contributed by atoms with van der Waals surface area (Å²) >= 11 is 0. The predicted molar refractivity (Wildman–Crippen MR) is 53.9 cm³/mol. The molecule has 2 fully saturated rings. The molecule has 0 amide bonds. The third-order valence-corrected chi connectivity index (χ3v) is 3.48. The van der Waals surface area contributed by atoms with Crippen LogP contribution >= 0.6 is 0 Å². The molecule has 1 atom stereocenters. The number of likely N-dealkylation sites (tertiary alicyclic amines) is 1. The SMILES string of the molecule is CC(C)(C)N1CCC12CCCOC2. The van der Waals surface area contributed by atoms with Crippen LogP contribution in [0.1, 0.15) is 40.0 Å². The van der Waals surface area contributed by atoms with E-state index in [9.17, 15) is 0 Å². The standard InChI is InChI=1S/C11H21NO/c1-10(2,3)12-7-6-11(12)5-4-8-13-9-11/h4-9H2,1-3H3. The third kappa shape index (κ3) is 1.50. The Morgan fingerprint density at radius 2 is 2.00 bits per heavy atom. The first kappa shape index (κ1) is 9.47. The van der Waals surface area contributed by atoms with Crippen molar-refractivity contribution in [2.45, 2.75) is 51.1 Å². The molecule has 2 heteroatoms. The van der Waals surface area contributed by atoms with Crippen LogP contribution in [0.2, 0.25) is 0 Å². The lowest BCUT2D eigenvalue weighted by molar-refractivity contribution is -0.147. The van der Waals surface area contributed by atoms with Gasteiger partial charge in [0.1, 0.15) is 0 Å². The van der Waals surface area contributed by atoms with Crippen molar-refractivity contribution in [1.29, 1.82) is 0 Å². The van der Waals surface area contributed by atoms with Gasteiger partial charge in [-0.15, -0.1) is 0 Å². The van der Waals surface area contributed by atoms with Gasteiger partial charge in [0.05, 0.1) is 6.61 Å². The summed E-state index contributed by atoms with van der Waals surface area (Å²) in [5, 5.41) is 0. The average molecular weight is 183 g/mol. The van der Waals surface area contributed by atoms with Gasteiger partial charge in [0.15, 0.2) is 0 Å². The molecule has 0 saturated carbocycles. The van der Waals surface area contributed by atoms with E-state index in [0.717, 1.165) is 13.2 Å². The van der Waals surface area contributed by atoms with Gasteiger partial charge < -0.3 is 4.74 Å². The zero-order valence-corrected chi connectivity index (χ0v) is 9.10. The van der Waals surface area contributed by atoms with Gasteiger partial charge in [-0.2, -0.15) is 0 Å². The molecule has 76 valence electrons. The van der Waals surface area contributed by atoms with Crippen molar-refractivity contribution in [1.82, 2.24) is 4.90 Å². The van der Waals surface area contributed by atoms with Crippen LogP contribution in [0.4, 0.5) is 0 Å². The molecule has 2 aliphatic rings. The average Bonchev–Trinajstić information content (AvgIpc) is 2.01.